The molecule has 1 saturated heterocycles. The highest BCUT2D eigenvalue weighted by Crippen LogP contribution is 2.17. The minimum Gasteiger partial charge on any atom is -0.379 e. The Morgan fingerprint density at radius 2 is 2.10 bits per heavy atom. The number of rotatable bonds is 3. The third-order valence-corrected chi connectivity index (χ3v) is 3.40. The molecule has 5 nitrogen and oxygen atoms in total. The number of fused-ring (bicyclic) bond motifs is 1. The second-order valence-corrected chi connectivity index (χ2v) is 4.87. The number of carbonyl (C=O) groups is 1. The van der Waals surface area contributed by atoms with Crippen LogP contribution in [0.15, 0.2) is 36.7 Å². The molecule has 0 spiro atoms. The lowest BCUT2D eigenvalue weighted by Crippen LogP contribution is -2.41. The van der Waals surface area contributed by atoms with Crippen LogP contribution in [0.1, 0.15) is 0 Å². The molecule has 20 heavy (non-hydrogen) atoms. The lowest BCUT2D eigenvalue weighted by molar-refractivity contribution is -0.118. The summed E-state index contributed by atoms with van der Waals surface area (Å²) in [5, 5.41) is 5.08. The molecule has 1 N–H and O–H groups in total. The van der Waals surface area contributed by atoms with Gasteiger partial charge in [-0.2, -0.15) is 0 Å². The zero-order chi connectivity index (χ0) is 13.8. The van der Waals surface area contributed by atoms with Crippen molar-refractivity contribution in [3.63, 3.8) is 0 Å². The Balaban J connectivity index is 1.64. The smallest absolute Gasteiger partial charge is 0.238 e. The summed E-state index contributed by atoms with van der Waals surface area (Å²) in [5.74, 6) is 0.0142. The Labute approximate surface area is 117 Å². The van der Waals surface area contributed by atoms with E-state index in [2.05, 4.69) is 15.2 Å². The second kappa shape index (κ2) is 5.98. The van der Waals surface area contributed by atoms with E-state index in [9.17, 15) is 4.79 Å². The van der Waals surface area contributed by atoms with Crippen molar-refractivity contribution in [2.75, 3.05) is 38.2 Å². The van der Waals surface area contributed by atoms with Gasteiger partial charge in [-0.25, -0.2) is 0 Å². The average molecular weight is 271 g/mol. The molecular weight excluding hydrogens is 254 g/mol. The van der Waals surface area contributed by atoms with Gasteiger partial charge < -0.3 is 10.1 Å². The first kappa shape index (κ1) is 13.0. The molecule has 1 aliphatic heterocycles. The summed E-state index contributed by atoms with van der Waals surface area (Å²) in [6.45, 7) is 3.46. The van der Waals surface area contributed by atoms with Crippen molar-refractivity contribution < 1.29 is 9.53 Å². The topological polar surface area (TPSA) is 54.5 Å². The fraction of sp³-hybridized carbons (Fsp3) is 0.333. The van der Waals surface area contributed by atoms with Crippen molar-refractivity contribution >= 4 is 22.4 Å². The third kappa shape index (κ3) is 3.12. The van der Waals surface area contributed by atoms with Gasteiger partial charge in [0.25, 0.3) is 0 Å². The maximum atomic E-state index is 12.0. The molecule has 0 bridgehead atoms. The van der Waals surface area contributed by atoms with E-state index in [0.717, 1.165) is 29.5 Å². The Morgan fingerprint density at radius 3 is 2.95 bits per heavy atom. The van der Waals surface area contributed by atoms with Crippen molar-refractivity contribution in [1.29, 1.82) is 0 Å². The van der Waals surface area contributed by atoms with Crippen LogP contribution in [0.2, 0.25) is 0 Å². The van der Waals surface area contributed by atoms with Crippen molar-refractivity contribution in [2.45, 2.75) is 0 Å². The van der Waals surface area contributed by atoms with E-state index < -0.39 is 0 Å². The van der Waals surface area contributed by atoms with Crippen LogP contribution in [0.3, 0.4) is 0 Å². The molecule has 0 unspecified atom stereocenters. The van der Waals surface area contributed by atoms with Crippen LogP contribution in [0.25, 0.3) is 10.8 Å². The van der Waals surface area contributed by atoms with Crippen LogP contribution in [0.5, 0.6) is 0 Å². The zero-order valence-corrected chi connectivity index (χ0v) is 11.2. The van der Waals surface area contributed by atoms with E-state index in [1.807, 2.05) is 30.5 Å². The number of anilines is 1. The highest BCUT2D eigenvalue weighted by molar-refractivity contribution is 5.95. The number of benzene rings is 1. The summed E-state index contributed by atoms with van der Waals surface area (Å²) in [4.78, 5) is 18.2. The van der Waals surface area contributed by atoms with Gasteiger partial charge in [0.15, 0.2) is 0 Å². The number of nitrogens with zero attached hydrogens (tertiary/aromatic N) is 2. The van der Waals surface area contributed by atoms with Crippen LogP contribution < -0.4 is 5.32 Å². The summed E-state index contributed by atoms with van der Waals surface area (Å²) >= 11 is 0. The van der Waals surface area contributed by atoms with Gasteiger partial charge in [-0.15, -0.1) is 0 Å². The van der Waals surface area contributed by atoms with Gasteiger partial charge in [-0.3, -0.25) is 14.7 Å². The zero-order valence-electron chi connectivity index (χ0n) is 11.2. The highest BCUT2D eigenvalue weighted by atomic mass is 16.5. The molecule has 1 fully saturated rings. The number of hydrogen-bond acceptors (Lipinski definition) is 4. The lowest BCUT2D eigenvalue weighted by Gasteiger charge is -2.25. The van der Waals surface area contributed by atoms with E-state index >= 15 is 0 Å². The Kier molecular flexibility index (Phi) is 3.90. The molecule has 2 heterocycles. The van der Waals surface area contributed by atoms with Crippen LogP contribution in [0.4, 0.5) is 5.69 Å². The number of pyridine rings is 1. The molecule has 3 rings (SSSR count). The maximum absolute atomic E-state index is 12.0. The summed E-state index contributed by atoms with van der Waals surface area (Å²) in [6, 6.07) is 7.77. The van der Waals surface area contributed by atoms with Gasteiger partial charge in [0, 0.05) is 36.6 Å². The summed E-state index contributed by atoms with van der Waals surface area (Å²) < 4.78 is 5.27. The van der Waals surface area contributed by atoms with Crippen molar-refractivity contribution in [3.05, 3.63) is 36.7 Å². The largest absolute Gasteiger partial charge is 0.379 e. The molecule has 1 aromatic heterocycles. The highest BCUT2D eigenvalue weighted by Gasteiger charge is 2.14. The van der Waals surface area contributed by atoms with Crippen molar-refractivity contribution in [2.24, 2.45) is 0 Å². The minimum atomic E-state index is 0.0142. The third-order valence-electron chi connectivity index (χ3n) is 3.40. The van der Waals surface area contributed by atoms with Crippen LogP contribution in [0, 0.1) is 0 Å². The van der Waals surface area contributed by atoms with E-state index in [-0.39, 0.29) is 5.91 Å². The fourth-order valence-corrected chi connectivity index (χ4v) is 2.32. The number of nitrogens with one attached hydrogen (secondary N) is 1. The predicted molar refractivity (Wildman–Crippen MR) is 77.6 cm³/mol. The monoisotopic (exact) mass is 271 g/mol. The van der Waals surface area contributed by atoms with E-state index in [4.69, 9.17) is 4.74 Å². The first-order valence-electron chi connectivity index (χ1n) is 6.75. The van der Waals surface area contributed by atoms with Gasteiger partial charge in [-0.1, -0.05) is 6.07 Å². The molecule has 0 saturated carbocycles. The first-order chi connectivity index (χ1) is 9.81. The lowest BCUT2D eigenvalue weighted by atomic mass is 10.1. The van der Waals surface area contributed by atoms with Gasteiger partial charge in [0.05, 0.1) is 19.8 Å². The normalized spacial score (nSPS) is 16.2. The van der Waals surface area contributed by atoms with Gasteiger partial charge in [-0.05, 0) is 23.6 Å². The van der Waals surface area contributed by atoms with Gasteiger partial charge in [0.2, 0.25) is 5.91 Å². The predicted octanol–water partition coefficient (Wildman–Crippen LogP) is 1.51. The van der Waals surface area contributed by atoms with Gasteiger partial charge >= 0.3 is 0 Å². The number of amides is 1. The number of morpholine rings is 1. The summed E-state index contributed by atoms with van der Waals surface area (Å²) in [5.41, 5.74) is 0.821. The van der Waals surface area contributed by atoms with E-state index in [1.54, 1.807) is 6.20 Å². The molecule has 2 aromatic rings. The van der Waals surface area contributed by atoms with Crippen LogP contribution in [-0.4, -0.2) is 48.6 Å². The summed E-state index contributed by atoms with van der Waals surface area (Å²) in [6.07, 6.45) is 3.57. The molecule has 1 amide bonds. The minimum absolute atomic E-state index is 0.0142. The molecule has 104 valence electrons. The number of ether oxygens (including phenoxy) is 1. The number of hydrogen-bond donors (Lipinski definition) is 1. The molecule has 0 aliphatic carbocycles. The molecule has 0 radical (unpaired) electrons. The second-order valence-electron chi connectivity index (χ2n) is 4.87. The molecule has 5 heteroatoms. The molecule has 1 aromatic carbocycles. The standard InChI is InChI=1S/C15H17N3O2/c19-15(11-18-5-7-20-8-6-18)17-14-2-1-13-10-16-4-3-12(13)9-14/h1-4,9-10H,5-8,11H2,(H,17,19). The molecule has 0 atom stereocenters. The summed E-state index contributed by atoms with van der Waals surface area (Å²) in [7, 11) is 0. The first-order valence-corrected chi connectivity index (χ1v) is 6.75. The van der Waals surface area contributed by atoms with Crippen LogP contribution >= 0.6 is 0 Å². The molecule has 1 aliphatic rings. The SMILES string of the molecule is O=C(CN1CCOCC1)Nc1ccc2cnccc2c1. The Bertz CT molecular complexity index is 609. The van der Waals surface area contributed by atoms with Crippen LogP contribution in [-0.2, 0) is 9.53 Å². The number of aromatic nitrogens is 1. The van der Waals surface area contributed by atoms with E-state index in [0.29, 0.717) is 19.8 Å². The number of carbonyl (C=O) groups excluding carboxylic acids is 1. The quantitative estimate of drug-likeness (QED) is 0.919. The Hall–Kier alpha value is -1.98. The average Bonchev–Trinajstić information content (AvgIpc) is 2.48. The van der Waals surface area contributed by atoms with Crippen molar-refractivity contribution in [3.8, 4) is 0 Å². The molecular formula is C15H17N3O2. The van der Waals surface area contributed by atoms with Gasteiger partial charge in [0.1, 0.15) is 0 Å². The fourth-order valence-electron chi connectivity index (χ4n) is 2.32. The Morgan fingerprint density at radius 1 is 1.25 bits per heavy atom. The van der Waals surface area contributed by atoms with Crippen molar-refractivity contribution in [1.82, 2.24) is 9.88 Å². The van der Waals surface area contributed by atoms with E-state index in [1.165, 1.54) is 0 Å². The maximum Gasteiger partial charge on any atom is 0.238 e.